The van der Waals surface area contributed by atoms with E-state index in [9.17, 15) is 9.59 Å². The maximum Gasteiger partial charge on any atom is 0.321 e. The van der Waals surface area contributed by atoms with Crippen molar-refractivity contribution in [3.05, 3.63) is 84.4 Å². The number of amides is 3. The third-order valence-electron chi connectivity index (χ3n) is 5.31. The molecule has 3 amide bonds. The third-order valence-corrected chi connectivity index (χ3v) is 6.24. The molecular formula is C25H22N6O3S. The van der Waals surface area contributed by atoms with E-state index >= 15 is 0 Å². The van der Waals surface area contributed by atoms with Crippen molar-refractivity contribution in [2.45, 2.75) is 18.6 Å². The summed E-state index contributed by atoms with van der Waals surface area (Å²) in [6.07, 6.45) is 3.43. The Morgan fingerprint density at radius 2 is 1.97 bits per heavy atom. The van der Waals surface area contributed by atoms with Crippen molar-refractivity contribution in [2.75, 3.05) is 5.75 Å². The quantitative estimate of drug-likeness (QED) is 0.293. The Bertz CT molecular complexity index is 1490. The first-order chi connectivity index (χ1) is 17.1. The van der Waals surface area contributed by atoms with Crippen molar-refractivity contribution in [1.29, 1.82) is 0 Å². The highest BCUT2D eigenvalue weighted by Crippen LogP contribution is 2.32. The van der Waals surface area contributed by atoms with Crippen LogP contribution in [-0.4, -0.2) is 37.4 Å². The number of nitrogens with one attached hydrogen (secondary N) is 3. The van der Waals surface area contributed by atoms with Gasteiger partial charge in [-0.2, -0.15) is 0 Å². The van der Waals surface area contributed by atoms with Crippen molar-refractivity contribution >= 4 is 34.6 Å². The van der Waals surface area contributed by atoms with Gasteiger partial charge in [0, 0.05) is 28.4 Å². The summed E-state index contributed by atoms with van der Waals surface area (Å²) in [5.41, 5.74) is 3.87. The Hall–Kier alpha value is -4.31. The fourth-order valence-electron chi connectivity index (χ4n) is 3.71. The van der Waals surface area contributed by atoms with Crippen LogP contribution < -0.4 is 10.6 Å². The van der Waals surface area contributed by atoms with E-state index in [1.807, 2.05) is 66.2 Å². The number of fused-ring (bicyclic) bond motifs is 1. The highest BCUT2D eigenvalue weighted by Gasteiger charge is 2.20. The zero-order valence-corrected chi connectivity index (χ0v) is 19.6. The molecule has 0 bridgehead atoms. The molecule has 9 nitrogen and oxygen atoms in total. The molecule has 0 aliphatic carbocycles. The van der Waals surface area contributed by atoms with E-state index in [1.54, 1.807) is 12.1 Å². The number of aryl methyl sites for hydroxylation is 1. The molecule has 0 aliphatic rings. The summed E-state index contributed by atoms with van der Waals surface area (Å²) < 4.78 is 7.09. The minimum absolute atomic E-state index is 0.00793. The molecule has 0 radical (unpaired) electrons. The topological polar surface area (TPSA) is 118 Å². The van der Waals surface area contributed by atoms with Gasteiger partial charge in [0.2, 0.25) is 5.91 Å². The van der Waals surface area contributed by atoms with Gasteiger partial charge in [-0.1, -0.05) is 42.1 Å². The predicted molar refractivity (Wildman–Crippen MR) is 133 cm³/mol. The standard InChI is InChI=1S/C25H22N6O3S/c1-16-6-4-7-17(12-16)31-23(20-14-26-21-10-3-2-9-19(20)21)29-30-25(31)35-15-22(32)28-24(33)27-13-18-8-5-11-34-18/h2-12,14,26H,13,15H2,1H3,(H2,27,28,32,33). The number of imide groups is 1. The Kier molecular flexibility index (Phi) is 6.36. The number of benzene rings is 2. The fourth-order valence-corrected chi connectivity index (χ4v) is 4.46. The van der Waals surface area contributed by atoms with E-state index in [0.29, 0.717) is 16.7 Å². The van der Waals surface area contributed by atoms with E-state index in [1.165, 1.54) is 18.0 Å². The van der Waals surface area contributed by atoms with E-state index in [-0.39, 0.29) is 12.3 Å². The van der Waals surface area contributed by atoms with Crippen LogP contribution in [0.5, 0.6) is 0 Å². The van der Waals surface area contributed by atoms with Gasteiger partial charge < -0.3 is 14.7 Å². The number of hydrogen-bond donors (Lipinski definition) is 3. The molecule has 0 aliphatic heterocycles. The molecule has 10 heteroatoms. The number of carbonyl (C=O) groups excluding carboxylic acids is 2. The smallest absolute Gasteiger partial charge is 0.321 e. The third kappa shape index (κ3) is 4.97. The predicted octanol–water partition coefficient (Wildman–Crippen LogP) is 4.44. The van der Waals surface area contributed by atoms with Crippen molar-refractivity contribution in [2.24, 2.45) is 0 Å². The molecule has 3 aromatic heterocycles. The minimum atomic E-state index is -0.591. The summed E-state index contributed by atoms with van der Waals surface area (Å²) in [6.45, 7) is 2.20. The molecule has 0 saturated heterocycles. The molecule has 176 valence electrons. The number of aromatic nitrogens is 4. The van der Waals surface area contributed by atoms with Crippen LogP contribution in [0.3, 0.4) is 0 Å². The number of rotatable bonds is 7. The molecule has 0 spiro atoms. The number of H-pyrrole nitrogens is 1. The minimum Gasteiger partial charge on any atom is -0.467 e. The average molecular weight is 487 g/mol. The maximum absolute atomic E-state index is 12.4. The summed E-state index contributed by atoms with van der Waals surface area (Å²) in [7, 11) is 0. The van der Waals surface area contributed by atoms with Gasteiger partial charge in [0.15, 0.2) is 11.0 Å². The monoisotopic (exact) mass is 486 g/mol. The average Bonchev–Trinajstić information content (AvgIpc) is 3.61. The van der Waals surface area contributed by atoms with Crippen LogP contribution in [-0.2, 0) is 11.3 Å². The number of nitrogens with zero attached hydrogens (tertiary/aromatic N) is 3. The second-order valence-electron chi connectivity index (χ2n) is 7.83. The summed E-state index contributed by atoms with van der Waals surface area (Å²) in [4.78, 5) is 27.7. The van der Waals surface area contributed by atoms with Gasteiger partial charge >= 0.3 is 6.03 Å². The number of para-hydroxylation sites is 1. The summed E-state index contributed by atoms with van der Waals surface area (Å²) >= 11 is 1.21. The van der Waals surface area contributed by atoms with Crippen molar-refractivity contribution in [1.82, 2.24) is 30.4 Å². The Morgan fingerprint density at radius 1 is 1.09 bits per heavy atom. The van der Waals surface area contributed by atoms with E-state index in [4.69, 9.17) is 4.42 Å². The molecule has 5 aromatic rings. The first-order valence-electron chi connectivity index (χ1n) is 10.9. The molecular weight excluding hydrogens is 464 g/mol. The van der Waals surface area contributed by atoms with Crippen LogP contribution in [0.4, 0.5) is 4.79 Å². The van der Waals surface area contributed by atoms with Crippen molar-refractivity contribution in [3.8, 4) is 17.1 Å². The molecule has 0 unspecified atom stereocenters. The van der Waals surface area contributed by atoms with E-state index < -0.39 is 11.9 Å². The number of thioether (sulfide) groups is 1. The van der Waals surface area contributed by atoms with E-state index in [2.05, 4.69) is 25.8 Å². The number of hydrogen-bond acceptors (Lipinski definition) is 6. The number of aromatic amines is 1. The normalized spacial score (nSPS) is 11.0. The van der Waals surface area contributed by atoms with Crippen molar-refractivity contribution in [3.63, 3.8) is 0 Å². The van der Waals surface area contributed by atoms with Gasteiger partial charge in [-0.3, -0.25) is 14.7 Å². The highest BCUT2D eigenvalue weighted by atomic mass is 32.2. The van der Waals surface area contributed by atoms with Gasteiger partial charge in [-0.05, 0) is 42.8 Å². The molecule has 5 rings (SSSR count). The zero-order chi connectivity index (χ0) is 24.2. The molecule has 35 heavy (non-hydrogen) atoms. The first-order valence-corrected chi connectivity index (χ1v) is 11.9. The maximum atomic E-state index is 12.4. The Balaban J connectivity index is 1.36. The second kappa shape index (κ2) is 9.90. The number of furan rings is 1. The van der Waals surface area contributed by atoms with Crippen LogP contribution in [0.1, 0.15) is 11.3 Å². The first kappa shape index (κ1) is 22.5. The van der Waals surface area contributed by atoms with Crippen LogP contribution in [0.15, 0.2) is 82.7 Å². The molecule has 0 saturated carbocycles. The zero-order valence-electron chi connectivity index (χ0n) is 18.8. The number of urea groups is 1. The van der Waals surface area contributed by atoms with Gasteiger partial charge in [-0.25, -0.2) is 4.79 Å². The molecule has 3 N–H and O–H groups in total. The fraction of sp³-hybridized carbons (Fsp3) is 0.120. The second-order valence-corrected chi connectivity index (χ2v) is 8.77. The molecule has 2 aromatic carbocycles. The summed E-state index contributed by atoms with van der Waals surface area (Å²) in [5, 5.41) is 15.3. The van der Waals surface area contributed by atoms with Gasteiger partial charge in [0.25, 0.3) is 0 Å². The lowest BCUT2D eigenvalue weighted by atomic mass is 10.1. The van der Waals surface area contributed by atoms with Crippen molar-refractivity contribution < 1.29 is 14.0 Å². The summed E-state index contributed by atoms with van der Waals surface area (Å²) in [5.74, 6) is 0.802. The lowest BCUT2D eigenvalue weighted by Crippen LogP contribution is -2.39. The Labute approximate surface area is 204 Å². The van der Waals surface area contributed by atoms with Gasteiger partial charge in [-0.15, -0.1) is 10.2 Å². The SMILES string of the molecule is Cc1cccc(-n2c(SCC(=O)NC(=O)NCc3ccco3)nnc2-c2c[nH]c3ccccc23)c1. The van der Waals surface area contributed by atoms with Crippen LogP contribution in [0.25, 0.3) is 28.0 Å². The van der Waals surface area contributed by atoms with Crippen LogP contribution in [0, 0.1) is 6.92 Å². The molecule has 0 fully saturated rings. The van der Waals surface area contributed by atoms with Crippen LogP contribution in [0.2, 0.25) is 0 Å². The van der Waals surface area contributed by atoms with E-state index in [0.717, 1.165) is 27.7 Å². The highest BCUT2D eigenvalue weighted by molar-refractivity contribution is 7.99. The molecule has 3 heterocycles. The largest absolute Gasteiger partial charge is 0.467 e. The van der Waals surface area contributed by atoms with Crippen LogP contribution >= 0.6 is 11.8 Å². The lowest BCUT2D eigenvalue weighted by Gasteiger charge is -2.11. The molecule has 0 atom stereocenters. The van der Waals surface area contributed by atoms with Gasteiger partial charge in [0.05, 0.1) is 18.6 Å². The lowest BCUT2D eigenvalue weighted by molar-refractivity contribution is -0.117. The number of carbonyl (C=O) groups is 2. The van der Waals surface area contributed by atoms with Gasteiger partial charge in [0.1, 0.15) is 5.76 Å². The Morgan fingerprint density at radius 3 is 2.80 bits per heavy atom. The summed E-state index contributed by atoms with van der Waals surface area (Å²) in [6, 6.07) is 18.8.